The summed E-state index contributed by atoms with van der Waals surface area (Å²) in [5, 5.41) is 11.3. The van der Waals surface area contributed by atoms with E-state index in [1.54, 1.807) is 32.4 Å². The molecule has 0 amide bonds. The Morgan fingerprint density at radius 2 is 1.80 bits per heavy atom. The van der Waals surface area contributed by atoms with E-state index in [0.717, 1.165) is 12.8 Å². The molecule has 7 nitrogen and oxygen atoms in total. The molecule has 2 aromatic rings. The molecule has 0 aliphatic rings. The van der Waals surface area contributed by atoms with Crippen molar-refractivity contribution in [2.75, 3.05) is 21.3 Å². The molecule has 0 fully saturated rings. The van der Waals surface area contributed by atoms with Gasteiger partial charge in [0, 0.05) is 19.2 Å². The van der Waals surface area contributed by atoms with Gasteiger partial charge in [-0.3, -0.25) is 9.79 Å². The van der Waals surface area contributed by atoms with Crippen LogP contribution in [0.5, 0.6) is 17.2 Å². The summed E-state index contributed by atoms with van der Waals surface area (Å²) in [5.74, 6) is 1.21. The van der Waals surface area contributed by atoms with Gasteiger partial charge in [-0.05, 0) is 25.0 Å². The highest BCUT2D eigenvalue weighted by molar-refractivity contribution is 6.00. The molecule has 2 rings (SSSR count). The topological polar surface area (TPSA) is 93.1 Å². The molecule has 0 atom stereocenters. The van der Waals surface area contributed by atoms with E-state index in [-0.39, 0.29) is 17.2 Å². The number of aromatic nitrogens is 1. The molecule has 2 N–H and O–H groups in total. The maximum absolute atomic E-state index is 12.9. The summed E-state index contributed by atoms with van der Waals surface area (Å²) in [7, 11) is 4.58. The fourth-order valence-corrected chi connectivity index (χ4v) is 3.16. The highest BCUT2D eigenvalue weighted by atomic mass is 16.5. The Hall–Kier alpha value is -3.22. The fourth-order valence-electron chi connectivity index (χ4n) is 3.16. The van der Waals surface area contributed by atoms with Crippen molar-refractivity contribution in [2.45, 2.75) is 39.5 Å². The van der Waals surface area contributed by atoms with Crippen molar-refractivity contribution in [1.29, 1.82) is 0 Å². The van der Waals surface area contributed by atoms with Crippen LogP contribution in [0, 0.1) is 0 Å². The van der Waals surface area contributed by atoms with Gasteiger partial charge in [-0.25, -0.2) is 0 Å². The van der Waals surface area contributed by atoms with Gasteiger partial charge in [-0.2, -0.15) is 0 Å². The van der Waals surface area contributed by atoms with Crippen LogP contribution < -0.4 is 15.0 Å². The number of benzene rings is 1. The first-order chi connectivity index (χ1) is 14.4. The van der Waals surface area contributed by atoms with Crippen LogP contribution in [-0.2, 0) is 11.2 Å². The van der Waals surface area contributed by atoms with Gasteiger partial charge in [0.05, 0.1) is 31.1 Å². The number of rotatable bonds is 9. The number of hydrogen-bond acceptors (Lipinski definition) is 6. The molecular formula is C23H30N2O5. The molecule has 162 valence electrons. The molecule has 30 heavy (non-hydrogen) atoms. The third kappa shape index (κ3) is 4.67. The summed E-state index contributed by atoms with van der Waals surface area (Å²) < 4.78 is 16.7. The number of methoxy groups -OCH3 is 2. The van der Waals surface area contributed by atoms with Gasteiger partial charge in [-0.1, -0.05) is 32.9 Å². The average Bonchev–Trinajstić information content (AvgIpc) is 2.76. The summed E-state index contributed by atoms with van der Waals surface area (Å²) in [4.78, 5) is 19.9. The van der Waals surface area contributed by atoms with Gasteiger partial charge in [0.25, 0.3) is 5.56 Å². The minimum Gasteiger partial charge on any atom is -0.506 e. The first-order valence-corrected chi connectivity index (χ1v) is 9.95. The zero-order valence-corrected chi connectivity index (χ0v) is 18.3. The lowest BCUT2D eigenvalue weighted by atomic mass is 9.95. The van der Waals surface area contributed by atoms with Crippen LogP contribution in [0.25, 0.3) is 11.1 Å². The highest BCUT2D eigenvalue weighted by Gasteiger charge is 2.27. The monoisotopic (exact) mass is 414 g/mol. The largest absolute Gasteiger partial charge is 0.506 e. The first-order valence-electron chi connectivity index (χ1n) is 9.95. The number of unbranched alkanes of at least 4 members (excludes halogenated alkanes) is 1. The lowest BCUT2D eigenvalue weighted by Crippen LogP contribution is -2.23. The zero-order valence-electron chi connectivity index (χ0n) is 18.3. The van der Waals surface area contributed by atoms with E-state index in [9.17, 15) is 9.90 Å². The summed E-state index contributed by atoms with van der Waals surface area (Å²) in [5.41, 5.74) is 1.03. The summed E-state index contributed by atoms with van der Waals surface area (Å²) in [6.45, 7) is 7.73. The van der Waals surface area contributed by atoms with Gasteiger partial charge in [0.2, 0.25) is 5.90 Å². The first kappa shape index (κ1) is 23.1. The molecule has 0 bridgehead atoms. The van der Waals surface area contributed by atoms with Gasteiger partial charge < -0.3 is 24.3 Å². The van der Waals surface area contributed by atoms with E-state index in [0.29, 0.717) is 46.9 Å². The molecule has 0 aliphatic carbocycles. The van der Waals surface area contributed by atoms with Crippen LogP contribution in [-0.4, -0.2) is 37.3 Å². The number of H-pyrrole nitrogens is 1. The Kier molecular flexibility index (Phi) is 8.09. The maximum Gasteiger partial charge on any atom is 0.264 e. The molecule has 0 spiro atoms. The van der Waals surface area contributed by atoms with Gasteiger partial charge in [0.1, 0.15) is 22.8 Å². The second-order valence-electron chi connectivity index (χ2n) is 6.70. The number of nitrogens with zero attached hydrogens (tertiary/aromatic N) is 1. The standard InChI is InChI=1S/C23H30N2O5/c1-7-9-11-15-18(19-16(28-5)12-10-13-17(19)29-6)21(26)20(22(27)25-15)23(24-4)30-14(3)8-2/h10,12-13H,3,7-9,11H2,1-2,4-6H3,(H2,25,26,27). The van der Waals surface area contributed by atoms with Gasteiger partial charge in [-0.15, -0.1) is 0 Å². The third-order valence-electron chi connectivity index (χ3n) is 4.78. The van der Waals surface area contributed by atoms with Crippen molar-refractivity contribution in [3.8, 4) is 28.4 Å². The van der Waals surface area contributed by atoms with Crippen LogP contribution >= 0.6 is 0 Å². The maximum atomic E-state index is 12.9. The third-order valence-corrected chi connectivity index (χ3v) is 4.78. The van der Waals surface area contributed by atoms with E-state index in [1.165, 1.54) is 7.05 Å². The number of aliphatic imine (C=N–C) groups is 1. The minimum absolute atomic E-state index is 0.00208. The van der Waals surface area contributed by atoms with E-state index in [1.807, 2.05) is 6.92 Å². The van der Waals surface area contributed by atoms with Crippen LogP contribution in [0.4, 0.5) is 0 Å². The predicted octanol–water partition coefficient (Wildman–Crippen LogP) is 4.42. The Labute approximate surface area is 177 Å². The smallest absolute Gasteiger partial charge is 0.264 e. The lowest BCUT2D eigenvalue weighted by molar-refractivity contribution is 0.393. The van der Waals surface area contributed by atoms with E-state index >= 15 is 0 Å². The molecule has 0 saturated heterocycles. The number of aromatic hydroxyl groups is 1. The summed E-state index contributed by atoms with van der Waals surface area (Å²) >= 11 is 0. The summed E-state index contributed by atoms with van der Waals surface area (Å²) in [6.07, 6.45) is 2.86. The normalized spacial score (nSPS) is 11.3. The van der Waals surface area contributed by atoms with Crippen LogP contribution in [0.15, 0.2) is 40.3 Å². The van der Waals surface area contributed by atoms with E-state index in [4.69, 9.17) is 14.2 Å². The number of nitrogens with one attached hydrogen (secondary N) is 1. The van der Waals surface area contributed by atoms with Crippen LogP contribution in [0.1, 0.15) is 44.4 Å². The Balaban J connectivity index is 2.88. The highest BCUT2D eigenvalue weighted by Crippen LogP contribution is 2.44. The fraction of sp³-hybridized carbons (Fsp3) is 0.391. The quantitative estimate of drug-likeness (QED) is 0.360. The summed E-state index contributed by atoms with van der Waals surface area (Å²) in [6, 6.07) is 5.34. The van der Waals surface area contributed by atoms with Crippen molar-refractivity contribution >= 4 is 5.90 Å². The molecule has 0 saturated carbocycles. The SMILES string of the molecule is C=C(CC)OC(=NC)c1c(O)c(-c2c(OC)cccc2OC)c(CCCC)[nH]c1=O. The minimum atomic E-state index is -0.485. The number of pyridine rings is 1. The number of aromatic amines is 1. The molecule has 1 aromatic heterocycles. The predicted molar refractivity (Wildman–Crippen MR) is 119 cm³/mol. The lowest BCUT2D eigenvalue weighted by Gasteiger charge is -2.19. The number of aryl methyl sites for hydroxylation is 1. The zero-order chi connectivity index (χ0) is 22.3. The van der Waals surface area contributed by atoms with Crippen LogP contribution in [0.2, 0.25) is 0 Å². The number of hydrogen-bond donors (Lipinski definition) is 2. The van der Waals surface area contributed by atoms with Crippen molar-refractivity contribution in [2.24, 2.45) is 4.99 Å². The van der Waals surface area contributed by atoms with Crippen molar-refractivity contribution < 1.29 is 19.3 Å². The second-order valence-corrected chi connectivity index (χ2v) is 6.70. The molecule has 1 aromatic carbocycles. The Bertz CT molecular complexity index is 970. The Morgan fingerprint density at radius 1 is 1.17 bits per heavy atom. The molecule has 0 radical (unpaired) electrons. The molecular weight excluding hydrogens is 384 g/mol. The molecule has 0 aliphatic heterocycles. The molecule has 1 heterocycles. The molecule has 0 unspecified atom stereocenters. The van der Waals surface area contributed by atoms with Gasteiger partial charge >= 0.3 is 0 Å². The second kappa shape index (κ2) is 10.5. The number of allylic oxidation sites excluding steroid dienone is 1. The van der Waals surface area contributed by atoms with Crippen molar-refractivity contribution in [3.63, 3.8) is 0 Å². The van der Waals surface area contributed by atoms with Crippen molar-refractivity contribution in [1.82, 2.24) is 4.98 Å². The van der Waals surface area contributed by atoms with Crippen molar-refractivity contribution in [3.05, 3.63) is 52.1 Å². The Morgan fingerprint density at radius 3 is 2.30 bits per heavy atom. The molecule has 7 heteroatoms. The van der Waals surface area contributed by atoms with Gasteiger partial charge in [0.15, 0.2) is 0 Å². The van der Waals surface area contributed by atoms with E-state index in [2.05, 4.69) is 23.5 Å². The van der Waals surface area contributed by atoms with E-state index < -0.39 is 5.56 Å². The number of ether oxygens (including phenoxy) is 3. The average molecular weight is 415 g/mol. The van der Waals surface area contributed by atoms with Crippen LogP contribution in [0.3, 0.4) is 0 Å².